The van der Waals surface area contributed by atoms with Gasteiger partial charge in [-0.25, -0.2) is 9.59 Å². The topological polar surface area (TPSA) is 196 Å². The van der Waals surface area contributed by atoms with Gasteiger partial charge in [-0.2, -0.15) is 0 Å². The molecule has 3 aromatic rings. The van der Waals surface area contributed by atoms with E-state index in [4.69, 9.17) is 28.1 Å². The number of rotatable bonds is 18. The Morgan fingerprint density at radius 1 is 0.882 bits per heavy atom. The Kier molecular flexibility index (Phi) is 15.7. The largest absolute Gasteiger partial charge is 0.456 e. The zero-order valence-corrected chi connectivity index (χ0v) is 42.1. The fourth-order valence-corrected chi connectivity index (χ4v) is 14.6. The van der Waals surface area contributed by atoms with Crippen molar-refractivity contribution in [1.29, 1.82) is 0 Å². The van der Waals surface area contributed by atoms with Gasteiger partial charge in [0.25, 0.3) is 5.91 Å². The molecule has 368 valence electrons. The summed E-state index contributed by atoms with van der Waals surface area (Å²) in [5.74, 6) is -4.10. The number of Topliss-reactive ketones (excluding diaryl/α,β-unsaturated/α-hetero) is 1. The summed E-state index contributed by atoms with van der Waals surface area (Å²) >= 11 is 1.40. The smallest absolute Gasteiger partial charge is 0.338 e. The van der Waals surface area contributed by atoms with Gasteiger partial charge in [0, 0.05) is 29.7 Å². The van der Waals surface area contributed by atoms with E-state index in [2.05, 4.69) is 26.1 Å². The van der Waals surface area contributed by atoms with Crippen molar-refractivity contribution < 1.29 is 62.6 Å². The van der Waals surface area contributed by atoms with Gasteiger partial charge in [-0.05, 0) is 79.2 Å². The molecular formula is C52H67NO13SSi. The van der Waals surface area contributed by atoms with Crippen LogP contribution in [0.3, 0.4) is 0 Å². The van der Waals surface area contributed by atoms with Crippen LogP contribution in [0.2, 0.25) is 18.1 Å². The number of carbonyl (C=O) groups is 4. The molecule has 10 unspecified atom stereocenters. The average Bonchev–Trinajstić information content (AvgIpc) is 3.34. The van der Waals surface area contributed by atoms with Crippen LogP contribution in [0.1, 0.15) is 93.6 Å². The molecule has 4 N–H and O–H groups in total. The summed E-state index contributed by atoms with van der Waals surface area (Å²) in [4.78, 5) is 59.1. The van der Waals surface area contributed by atoms with Crippen LogP contribution in [0.15, 0.2) is 102 Å². The molecule has 16 heteroatoms. The van der Waals surface area contributed by atoms with Crippen LogP contribution >= 0.6 is 11.8 Å². The molecular weight excluding hydrogens is 907 g/mol. The van der Waals surface area contributed by atoms with Gasteiger partial charge in [-0.15, -0.1) is 11.8 Å². The van der Waals surface area contributed by atoms with Gasteiger partial charge in [0.1, 0.15) is 36.3 Å². The summed E-state index contributed by atoms with van der Waals surface area (Å²) in [5.41, 5.74) is -6.01. The number of esters is 2. The Morgan fingerprint density at radius 3 is 2.03 bits per heavy atom. The molecule has 1 aliphatic heterocycles. The number of ether oxygens (including phenoxy) is 5. The molecule has 0 aromatic heterocycles. The Morgan fingerprint density at radius 2 is 1.47 bits per heavy atom. The van der Waals surface area contributed by atoms with Gasteiger partial charge in [0.2, 0.25) is 0 Å². The lowest BCUT2D eigenvalue weighted by Crippen LogP contribution is -2.81. The lowest BCUT2D eigenvalue weighted by atomic mass is 9.44. The summed E-state index contributed by atoms with van der Waals surface area (Å²) in [6.07, 6.45) is -6.67. The molecule has 14 nitrogen and oxygen atoms in total. The number of carbonyl (C=O) groups excluding carboxylic acids is 4. The summed E-state index contributed by atoms with van der Waals surface area (Å²) in [6, 6.07) is 26.6. The molecule has 1 amide bonds. The highest BCUT2D eigenvalue weighted by Gasteiger charge is 2.77. The predicted octanol–water partition coefficient (Wildman–Crippen LogP) is 6.94. The molecule has 68 heavy (non-hydrogen) atoms. The maximum Gasteiger partial charge on any atom is 0.338 e. The molecule has 1 saturated heterocycles. The number of benzene rings is 3. The zero-order valence-electron chi connectivity index (χ0n) is 40.3. The van der Waals surface area contributed by atoms with Crippen LogP contribution < -0.4 is 5.32 Å². The second-order valence-corrected chi connectivity index (χ2v) is 25.0. The van der Waals surface area contributed by atoms with Gasteiger partial charge in [0.05, 0.1) is 41.8 Å². The molecule has 7 rings (SSSR count). The zero-order chi connectivity index (χ0) is 49.2. The number of aliphatic hydroxyl groups is 3. The number of nitrogens with one attached hydrogen (secondary N) is 1. The summed E-state index contributed by atoms with van der Waals surface area (Å²) in [5, 5.41) is 42.6. The van der Waals surface area contributed by atoms with Crippen molar-refractivity contribution in [1.82, 2.24) is 5.32 Å². The van der Waals surface area contributed by atoms with E-state index in [-0.39, 0.29) is 36.9 Å². The number of fused-ring (bicyclic) bond motifs is 5. The second-order valence-electron chi connectivity index (χ2n) is 19.4. The number of amides is 1. The first-order chi connectivity index (χ1) is 32.4. The van der Waals surface area contributed by atoms with Crippen molar-refractivity contribution in [2.45, 2.75) is 133 Å². The normalized spacial score (nSPS) is 30.6. The number of hydrogen-bond donors (Lipinski definition) is 4. The molecule has 2 bridgehead atoms. The van der Waals surface area contributed by atoms with Crippen molar-refractivity contribution in [2.24, 2.45) is 16.7 Å². The van der Waals surface area contributed by atoms with E-state index < -0.39 is 109 Å². The van der Waals surface area contributed by atoms with Crippen LogP contribution in [0.4, 0.5) is 0 Å². The molecule has 0 radical (unpaired) electrons. The Bertz CT molecular complexity index is 2310. The minimum Gasteiger partial charge on any atom is -0.456 e. The van der Waals surface area contributed by atoms with E-state index in [1.807, 2.05) is 6.26 Å². The second kappa shape index (κ2) is 20.6. The van der Waals surface area contributed by atoms with Crippen LogP contribution in [0, 0.1) is 16.7 Å². The van der Waals surface area contributed by atoms with E-state index in [9.17, 15) is 24.9 Å². The molecule has 3 aromatic carbocycles. The van der Waals surface area contributed by atoms with Crippen molar-refractivity contribution in [3.63, 3.8) is 0 Å². The number of hydrogen-bond acceptors (Lipinski definition) is 14. The van der Waals surface area contributed by atoms with Crippen LogP contribution in [-0.4, -0.2) is 121 Å². The number of thioether (sulfide) groups is 1. The SMILES string of the molecule is CC[Si](CC)(CC)OC1CC2OCC2(O)C2C(OC(=O)c3ccccc3)C3(O)CC(OC(=O)C(OCOCSC)C(NC(=O)c4ccccc4)c4ccccc4)C(C)=C(C(O)C(=O)[C@]12C)C3(C)C. The number of ketones is 1. The molecule has 3 aliphatic carbocycles. The van der Waals surface area contributed by atoms with Crippen LogP contribution in [-0.2, 0) is 37.7 Å². The highest BCUT2D eigenvalue weighted by atomic mass is 32.2. The van der Waals surface area contributed by atoms with Crippen LogP contribution in [0.5, 0.6) is 0 Å². The third-order valence-electron chi connectivity index (χ3n) is 15.7. The summed E-state index contributed by atoms with van der Waals surface area (Å²) < 4.78 is 38.1. The Labute approximate surface area is 404 Å². The van der Waals surface area contributed by atoms with Crippen molar-refractivity contribution >= 4 is 43.7 Å². The van der Waals surface area contributed by atoms with Gasteiger partial charge >= 0.3 is 11.9 Å². The van der Waals surface area contributed by atoms with Crippen LogP contribution in [0.25, 0.3) is 0 Å². The Hall–Kier alpha value is -4.23. The van der Waals surface area contributed by atoms with E-state index in [0.29, 0.717) is 16.7 Å². The molecule has 3 fully saturated rings. The quantitative estimate of drug-likeness (QED) is 0.0336. The lowest BCUT2D eigenvalue weighted by molar-refractivity contribution is -0.342. The van der Waals surface area contributed by atoms with Gasteiger partial charge in [-0.3, -0.25) is 9.59 Å². The van der Waals surface area contributed by atoms with Gasteiger partial charge < -0.3 is 48.7 Å². The van der Waals surface area contributed by atoms with Crippen molar-refractivity contribution in [3.05, 3.63) is 119 Å². The first-order valence-corrected chi connectivity index (χ1v) is 27.5. The predicted molar refractivity (Wildman–Crippen MR) is 258 cm³/mol. The lowest BCUT2D eigenvalue weighted by Gasteiger charge is -2.67. The molecule has 11 atom stereocenters. The maximum atomic E-state index is 15.7. The van der Waals surface area contributed by atoms with E-state index >= 15 is 9.59 Å². The minimum atomic E-state index is -2.53. The molecule has 2 saturated carbocycles. The molecule has 1 heterocycles. The van der Waals surface area contributed by atoms with Gasteiger partial charge in [0.15, 0.2) is 20.2 Å². The average molecular weight is 974 g/mol. The molecule has 0 spiro atoms. The monoisotopic (exact) mass is 973 g/mol. The molecule has 4 aliphatic rings. The van der Waals surface area contributed by atoms with E-state index in [0.717, 1.165) is 18.1 Å². The third-order valence-corrected chi connectivity index (χ3v) is 20.8. The highest BCUT2D eigenvalue weighted by Crippen LogP contribution is 2.64. The number of aliphatic hydroxyl groups excluding tert-OH is 1. The van der Waals surface area contributed by atoms with Gasteiger partial charge in [-0.1, -0.05) is 101 Å². The Balaban J connectivity index is 1.38. The minimum absolute atomic E-state index is 0.0787. The van der Waals surface area contributed by atoms with Crippen molar-refractivity contribution in [2.75, 3.05) is 25.6 Å². The first-order valence-electron chi connectivity index (χ1n) is 23.6. The van der Waals surface area contributed by atoms with E-state index in [1.165, 1.54) is 11.8 Å². The van der Waals surface area contributed by atoms with Crippen molar-refractivity contribution in [3.8, 4) is 0 Å². The fraction of sp³-hybridized carbons (Fsp3) is 0.538. The van der Waals surface area contributed by atoms with E-state index in [1.54, 1.807) is 119 Å². The maximum absolute atomic E-state index is 15.7. The summed E-state index contributed by atoms with van der Waals surface area (Å²) in [6.45, 7) is 12.2. The highest BCUT2D eigenvalue weighted by molar-refractivity contribution is 7.98. The first kappa shape index (κ1) is 51.6. The summed E-state index contributed by atoms with van der Waals surface area (Å²) in [7, 11) is -2.53. The standard InChI is InChI=1S/C52H67NO13SSi/c1-9-68(10-2,11-3)66-37-27-38-51(59,29-62-38)43-45(65-47(57)35-25-19-14-20-26-35)52(60)28-36(32(4)39(49(52,5)6)41(54)44(55)50(37,43)7)64-48(58)42(63-30-61-31-67-8)40(33-21-15-12-16-22-33)53-46(56)34-23-17-13-18-24-34/h12-26,36-38,40-43,45,54,59-60H,9-11,27-31H2,1-8H3,(H,53,56)/t36?,37?,38?,40?,41?,42?,43?,45?,50-,51?,52?/m1/s1. The third kappa shape index (κ3) is 9.16. The fourth-order valence-electron chi connectivity index (χ4n) is 11.4.